The van der Waals surface area contributed by atoms with Crippen LogP contribution in [-0.4, -0.2) is 55.1 Å². The molecule has 2 saturated carbocycles. The molecule has 154 valence electrons. The maximum Gasteiger partial charge on any atom is 0.191 e. The van der Waals surface area contributed by atoms with Crippen molar-refractivity contribution >= 4 is 40.8 Å². The Bertz CT molecular complexity index is 797. The number of hydrogen-bond donors (Lipinski definition) is 3. The maximum absolute atomic E-state index is 13.5. The lowest BCUT2D eigenvalue weighted by atomic mass is 10.1. The van der Waals surface area contributed by atoms with E-state index in [9.17, 15) is 4.39 Å². The van der Waals surface area contributed by atoms with Gasteiger partial charge in [0, 0.05) is 56.4 Å². The number of rotatable bonds is 9. The van der Waals surface area contributed by atoms with Crippen LogP contribution in [0.4, 0.5) is 4.39 Å². The molecule has 28 heavy (non-hydrogen) atoms. The summed E-state index contributed by atoms with van der Waals surface area (Å²) in [6.07, 6.45) is 8.35. The number of hydrogen-bond acceptors (Lipinski definition) is 2. The first-order valence-electron chi connectivity index (χ1n) is 10.2. The van der Waals surface area contributed by atoms with Gasteiger partial charge in [-0.2, -0.15) is 0 Å². The molecule has 2 aromatic rings. The fourth-order valence-corrected chi connectivity index (χ4v) is 3.71. The third kappa shape index (κ3) is 5.83. The summed E-state index contributed by atoms with van der Waals surface area (Å²) in [5, 5.41) is 7.76. The van der Waals surface area contributed by atoms with Crippen LogP contribution in [0.1, 0.15) is 31.2 Å². The lowest BCUT2D eigenvalue weighted by Gasteiger charge is -2.22. The van der Waals surface area contributed by atoms with Crippen LogP contribution in [0.15, 0.2) is 29.4 Å². The van der Waals surface area contributed by atoms with Crippen LogP contribution in [0.5, 0.6) is 0 Å². The first-order chi connectivity index (χ1) is 13.2. The van der Waals surface area contributed by atoms with E-state index in [1.54, 1.807) is 19.2 Å². The van der Waals surface area contributed by atoms with Crippen molar-refractivity contribution in [2.45, 2.75) is 38.1 Å². The second kappa shape index (κ2) is 9.91. The molecule has 1 aromatic heterocycles. The Morgan fingerprint density at radius 2 is 2.00 bits per heavy atom. The van der Waals surface area contributed by atoms with Crippen molar-refractivity contribution in [2.24, 2.45) is 10.9 Å². The molecule has 2 fully saturated rings. The summed E-state index contributed by atoms with van der Waals surface area (Å²) >= 11 is 0. The number of fused-ring (bicyclic) bond motifs is 1. The number of benzene rings is 1. The molecule has 0 aliphatic heterocycles. The van der Waals surface area contributed by atoms with E-state index in [4.69, 9.17) is 0 Å². The van der Waals surface area contributed by atoms with Crippen molar-refractivity contribution in [1.29, 1.82) is 0 Å². The van der Waals surface area contributed by atoms with E-state index in [1.165, 1.54) is 38.3 Å². The summed E-state index contributed by atoms with van der Waals surface area (Å²) < 4.78 is 13.5. The van der Waals surface area contributed by atoms with Crippen LogP contribution < -0.4 is 10.6 Å². The van der Waals surface area contributed by atoms with E-state index in [1.807, 2.05) is 6.20 Å². The van der Waals surface area contributed by atoms with Gasteiger partial charge in [-0.05, 0) is 61.8 Å². The zero-order chi connectivity index (χ0) is 18.6. The Kier molecular flexibility index (Phi) is 7.56. The van der Waals surface area contributed by atoms with Crippen molar-refractivity contribution in [3.8, 4) is 0 Å². The summed E-state index contributed by atoms with van der Waals surface area (Å²) in [6, 6.07) is 5.70. The highest BCUT2D eigenvalue weighted by Gasteiger charge is 2.33. The number of H-pyrrole nitrogens is 1. The van der Waals surface area contributed by atoms with Crippen LogP contribution in [-0.2, 0) is 6.42 Å². The Labute approximate surface area is 183 Å². The number of aromatic amines is 1. The molecule has 3 N–H and O–H groups in total. The topological polar surface area (TPSA) is 55.5 Å². The number of aromatic nitrogens is 1. The van der Waals surface area contributed by atoms with E-state index in [-0.39, 0.29) is 29.8 Å². The lowest BCUT2D eigenvalue weighted by molar-refractivity contribution is 0.256. The van der Waals surface area contributed by atoms with Crippen LogP contribution in [0.2, 0.25) is 0 Å². The van der Waals surface area contributed by atoms with E-state index >= 15 is 0 Å². The summed E-state index contributed by atoms with van der Waals surface area (Å²) in [4.78, 5) is 10.2. The zero-order valence-corrected chi connectivity index (χ0v) is 18.8. The number of aliphatic imine (C=N–C) groups is 1. The molecule has 4 rings (SSSR count). The second-order valence-corrected chi connectivity index (χ2v) is 7.85. The molecule has 1 aromatic carbocycles. The Morgan fingerprint density at radius 1 is 1.21 bits per heavy atom. The number of guanidine groups is 1. The highest BCUT2D eigenvalue weighted by atomic mass is 127. The van der Waals surface area contributed by atoms with Gasteiger partial charge in [-0.3, -0.25) is 9.89 Å². The van der Waals surface area contributed by atoms with E-state index < -0.39 is 0 Å². The van der Waals surface area contributed by atoms with Gasteiger partial charge in [0.15, 0.2) is 5.96 Å². The summed E-state index contributed by atoms with van der Waals surface area (Å²) in [7, 11) is 1.80. The SMILES string of the molecule is CN=C(NCCc1c[nH]c2ccc(F)cc12)NCCN(CC1CC1)C1CC1.I. The third-order valence-electron chi connectivity index (χ3n) is 5.58. The van der Waals surface area contributed by atoms with Crippen LogP contribution in [0.25, 0.3) is 10.9 Å². The largest absolute Gasteiger partial charge is 0.361 e. The number of nitrogens with one attached hydrogen (secondary N) is 3. The van der Waals surface area contributed by atoms with Crippen molar-refractivity contribution in [2.75, 3.05) is 33.2 Å². The van der Waals surface area contributed by atoms with Gasteiger partial charge in [-0.15, -0.1) is 24.0 Å². The number of halogens is 2. The number of nitrogens with zero attached hydrogens (tertiary/aromatic N) is 2. The highest BCUT2D eigenvalue weighted by Crippen LogP contribution is 2.34. The average molecular weight is 499 g/mol. The Balaban J connectivity index is 0.00000225. The molecule has 0 amide bonds. The van der Waals surface area contributed by atoms with E-state index in [0.717, 1.165) is 60.4 Å². The van der Waals surface area contributed by atoms with Crippen LogP contribution in [0, 0.1) is 11.7 Å². The van der Waals surface area contributed by atoms with Crippen molar-refractivity contribution in [1.82, 2.24) is 20.5 Å². The van der Waals surface area contributed by atoms with Crippen LogP contribution >= 0.6 is 24.0 Å². The molecule has 1 heterocycles. The van der Waals surface area contributed by atoms with Gasteiger partial charge >= 0.3 is 0 Å². The van der Waals surface area contributed by atoms with E-state index in [0.29, 0.717) is 0 Å². The smallest absolute Gasteiger partial charge is 0.191 e. The van der Waals surface area contributed by atoms with Crippen molar-refractivity contribution < 1.29 is 4.39 Å². The van der Waals surface area contributed by atoms with Crippen LogP contribution in [0.3, 0.4) is 0 Å². The molecular weight excluding hydrogens is 468 g/mol. The molecule has 0 bridgehead atoms. The molecule has 7 heteroatoms. The normalized spacial score (nSPS) is 17.0. The van der Waals surface area contributed by atoms with Gasteiger partial charge in [0.2, 0.25) is 0 Å². The van der Waals surface area contributed by atoms with Gasteiger partial charge in [0.1, 0.15) is 5.82 Å². The summed E-state index contributed by atoms with van der Waals surface area (Å²) in [6.45, 7) is 4.04. The average Bonchev–Trinajstić information content (AvgIpc) is 3.58. The van der Waals surface area contributed by atoms with E-state index in [2.05, 4.69) is 25.5 Å². The van der Waals surface area contributed by atoms with Gasteiger partial charge < -0.3 is 15.6 Å². The summed E-state index contributed by atoms with van der Waals surface area (Å²) in [5.41, 5.74) is 2.10. The maximum atomic E-state index is 13.5. The molecule has 0 unspecified atom stereocenters. The monoisotopic (exact) mass is 499 g/mol. The first-order valence-corrected chi connectivity index (χ1v) is 10.2. The molecule has 0 atom stereocenters. The third-order valence-corrected chi connectivity index (χ3v) is 5.58. The highest BCUT2D eigenvalue weighted by molar-refractivity contribution is 14.0. The Hall–Kier alpha value is -1.35. The van der Waals surface area contributed by atoms with Gasteiger partial charge in [-0.25, -0.2) is 4.39 Å². The minimum atomic E-state index is -0.194. The minimum absolute atomic E-state index is 0. The fraction of sp³-hybridized carbons (Fsp3) is 0.571. The van der Waals surface area contributed by atoms with Gasteiger partial charge in [-0.1, -0.05) is 0 Å². The van der Waals surface area contributed by atoms with Crippen molar-refractivity contribution in [3.63, 3.8) is 0 Å². The lowest BCUT2D eigenvalue weighted by Crippen LogP contribution is -2.43. The molecule has 0 spiro atoms. The summed E-state index contributed by atoms with van der Waals surface area (Å²) in [5.74, 6) is 1.59. The second-order valence-electron chi connectivity index (χ2n) is 7.85. The van der Waals surface area contributed by atoms with Crippen molar-refractivity contribution in [3.05, 3.63) is 35.8 Å². The fourth-order valence-electron chi connectivity index (χ4n) is 3.71. The zero-order valence-electron chi connectivity index (χ0n) is 16.5. The minimum Gasteiger partial charge on any atom is -0.361 e. The van der Waals surface area contributed by atoms with Gasteiger partial charge in [0.25, 0.3) is 0 Å². The predicted octanol–water partition coefficient (Wildman–Crippen LogP) is 3.51. The molecule has 0 radical (unpaired) electrons. The predicted molar refractivity (Wildman–Crippen MR) is 124 cm³/mol. The molecular formula is C21H31FIN5. The standard InChI is InChI=1S/C21H30FN5.HI/c1-23-21(25-10-11-27(18-5-6-18)14-15-2-3-15)24-9-8-16-13-26-20-7-4-17(22)12-19(16)20;/h4,7,12-13,15,18,26H,2-3,5-6,8-11,14H2,1H3,(H2,23,24,25);1H. The molecule has 5 nitrogen and oxygen atoms in total. The molecule has 2 aliphatic rings. The molecule has 0 saturated heterocycles. The first kappa shape index (κ1) is 21.4. The Morgan fingerprint density at radius 3 is 2.71 bits per heavy atom. The quantitative estimate of drug-likeness (QED) is 0.281. The van der Waals surface area contributed by atoms with Gasteiger partial charge in [0.05, 0.1) is 0 Å². The molecule has 2 aliphatic carbocycles.